The summed E-state index contributed by atoms with van der Waals surface area (Å²) in [6, 6.07) is 14.0. The molecule has 1 nitrogen and oxygen atoms in total. The number of hydrogen-bond acceptors (Lipinski definition) is 1. The maximum absolute atomic E-state index is 6.00. The molecule has 4 heteroatoms. The summed E-state index contributed by atoms with van der Waals surface area (Å²) in [6.45, 7) is 0. The third kappa shape index (κ3) is 3.41. The van der Waals surface area contributed by atoms with Crippen LogP contribution in [0, 0.1) is 0 Å². The van der Waals surface area contributed by atoms with E-state index in [1.807, 2.05) is 42.5 Å². The Morgan fingerprint density at radius 1 is 1.06 bits per heavy atom. The van der Waals surface area contributed by atoms with E-state index in [1.54, 1.807) is 0 Å². The molecule has 2 aromatic rings. The van der Waals surface area contributed by atoms with Crippen molar-refractivity contribution in [1.82, 2.24) is 0 Å². The molecule has 0 aliphatic rings. The number of hydrogen-bond donors (Lipinski definition) is 1. The molecule has 0 fully saturated rings. The van der Waals surface area contributed by atoms with Crippen molar-refractivity contribution in [2.24, 2.45) is 0 Å². The van der Waals surface area contributed by atoms with Crippen LogP contribution in [0.4, 0.5) is 5.69 Å². The van der Waals surface area contributed by atoms with E-state index in [1.165, 1.54) is 0 Å². The smallest absolute Gasteiger partial charge is 0.111 e. The Bertz CT molecular complexity index is 538. The number of nitrogens with two attached hydrogens (primary N) is 1. The van der Waals surface area contributed by atoms with Crippen molar-refractivity contribution >= 4 is 44.8 Å². The number of rotatable bonds is 3. The lowest BCUT2D eigenvalue weighted by molar-refractivity contribution is 1.09. The van der Waals surface area contributed by atoms with Crippen LogP contribution >= 0.6 is 39.1 Å². The van der Waals surface area contributed by atoms with Gasteiger partial charge in [-0.2, -0.15) is 0 Å². The maximum Gasteiger partial charge on any atom is 0.111 e. The molecule has 2 rings (SSSR count). The van der Waals surface area contributed by atoms with Crippen LogP contribution in [0.2, 0.25) is 0 Å². The quantitative estimate of drug-likeness (QED) is 0.612. The summed E-state index contributed by atoms with van der Waals surface area (Å²) in [6.07, 6.45) is 0.652. The molecule has 0 saturated heterocycles. The predicted molar refractivity (Wildman–Crippen MR) is 83.2 cm³/mol. The lowest BCUT2D eigenvalue weighted by Crippen LogP contribution is -1.94. The van der Waals surface area contributed by atoms with E-state index < -0.39 is 0 Å². The van der Waals surface area contributed by atoms with Gasteiger partial charge < -0.3 is 5.73 Å². The highest BCUT2D eigenvalue weighted by atomic mass is 79.9. The fraction of sp³-hybridized carbons (Fsp3) is 0.143. The van der Waals surface area contributed by atoms with E-state index in [-0.39, 0.29) is 4.84 Å². The van der Waals surface area contributed by atoms with Crippen LogP contribution in [0.1, 0.15) is 5.56 Å². The first-order valence-corrected chi connectivity index (χ1v) is 7.15. The van der Waals surface area contributed by atoms with E-state index in [2.05, 4.69) is 15.9 Å². The highest BCUT2D eigenvalue weighted by molar-refractivity contribution is 9.10. The van der Waals surface area contributed by atoms with Crippen LogP contribution in [-0.4, -0.2) is 4.84 Å². The van der Waals surface area contributed by atoms with Crippen molar-refractivity contribution in [3.05, 3.63) is 52.5 Å². The highest BCUT2D eigenvalue weighted by Gasteiger charge is 2.05. The molecule has 94 valence electrons. The molecule has 0 heterocycles. The van der Waals surface area contributed by atoms with Gasteiger partial charge in [0.05, 0.1) is 0 Å². The largest absolute Gasteiger partial charge is 0.398 e. The number of halogens is 3. The van der Waals surface area contributed by atoms with Gasteiger partial charge in [-0.05, 0) is 23.3 Å². The fourth-order valence-corrected chi connectivity index (χ4v) is 2.53. The third-order valence-corrected chi connectivity index (χ3v) is 3.47. The molecule has 0 aliphatic carbocycles. The lowest BCUT2D eigenvalue weighted by Gasteiger charge is -2.08. The maximum atomic E-state index is 6.00. The Hall–Kier alpha value is -0.700. The van der Waals surface area contributed by atoms with Crippen LogP contribution in [0.3, 0.4) is 0 Å². The summed E-state index contributed by atoms with van der Waals surface area (Å²) < 4.78 is 0.979. The number of anilines is 1. The second kappa shape index (κ2) is 5.96. The Balaban J connectivity index is 2.28. The Kier molecular flexibility index (Phi) is 4.55. The Morgan fingerprint density at radius 2 is 1.72 bits per heavy atom. The van der Waals surface area contributed by atoms with Crippen molar-refractivity contribution in [2.45, 2.75) is 11.3 Å². The van der Waals surface area contributed by atoms with Crippen LogP contribution in [0.5, 0.6) is 0 Å². The summed E-state index contributed by atoms with van der Waals surface area (Å²) in [5.41, 5.74) is 9.98. The van der Waals surface area contributed by atoms with Gasteiger partial charge in [-0.15, -0.1) is 23.2 Å². The van der Waals surface area contributed by atoms with E-state index >= 15 is 0 Å². The van der Waals surface area contributed by atoms with Gasteiger partial charge in [0.2, 0.25) is 0 Å². The first kappa shape index (κ1) is 13.7. The summed E-state index contributed by atoms with van der Waals surface area (Å²) >= 11 is 14.9. The zero-order valence-electron chi connectivity index (χ0n) is 9.54. The topological polar surface area (TPSA) is 26.0 Å². The van der Waals surface area contributed by atoms with Crippen molar-refractivity contribution in [2.75, 3.05) is 5.73 Å². The Labute approximate surface area is 125 Å². The second-order valence-corrected chi connectivity index (χ2v) is 6.22. The molecule has 0 saturated carbocycles. The van der Waals surface area contributed by atoms with Gasteiger partial charge in [0, 0.05) is 22.1 Å². The molecule has 2 N–H and O–H groups in total. The minimum atomic E-state index is -0.367. The van der Waals surface area contributed by atoms with Crippen LogP contribution < -0.4 is 5.73 Å². The van der Waals surface area contributed by atoms with Crippen molar-refractivity contribution < 1.29 is 0 Å². The monoisotopic (exact) mass is 343 g/mol. The molecule has 0 aromatic heterocycles. The second-order valence-electron chi connectivity index (χ2n) is 4.02. The third-order valence-electron chi connectivity index (χ3n) is 2.67. The molecule has 0 amide bonds. The lowest BCUT2D eigenvalue weighted by atomic mass is 10.0. The molecular weight excluding hydrogens is 333 g/mol. The summed E-state index contributed by atoms with van der Waals surface area (Å²) in [5.74, 6) is 0. The first-order chi connectivity index (χ1) is 8.56. The molecule has 2 aromatic carbocycles. The summed E-state index contributed by atoms with van der Waals surface area (Å²) in [5, 5.41) is 0. The van der Waals surface area contributed by atoms with E-state index in [0.717, 1.165) is 26.9 Å². The SMILES string of the molecule is Nc1cc(Br)ccc1-c1ccc(CC(Cl)Cl)cc1. The van der Waals surface area contributed by atoms with Gasteiger partial charge in [-0.25, -0.2) is 0 Å². The van der Waals surface area contributed by atoms with Crippen molar-refractivity contribution in [3.63, 3.8) is 0 Å². The number of alkyl halides is 2. The van der Waals surface area contributed by atoms with Gasteiger partial charge in [-0.1, -0.05) is 46.3 Å². The minimum absolute atomic E-state index is 0.367. The highest BCUT2D eigenvalue weighted by Crippen LogP contribution is 2.29. The van der Waals surface area contributed by atoms with Gasteiger partial charge in [0.15, 0.2) is 0 Å². The average Bonchev–Trinajstić information content (AvgIpc) is 2.30. The van der Waals surface area contributed by atoms with Gasteiger partial charge in [0.1, 0.15) is 4.84 Å². The predicted octanol–water partition coefficient (Wildman–Crippen LogP) is 5.04. The molecule has 0 bridgehead atoms. The first-order valence-electron chi connectivity index (χ1n) is 5.49. The Morgan fingerprint density at radius 3 is 2.28 bits per heavy atom. The fourth-order valence-electron chi connectivity index (χ4n) is 1.80. The number of nitrogen functional groups attached to an aromatic ring is 1. The van der Waals surface area contributed by atoms with Gasteiger partial charge >= 0.3 is 0 Å². The van der Waals surface area contributed by atoms with Crippen LogP contribution in [0.25, 0.3) is 11.1 Å². The molecule has 0 spiro atoms. The van der Waals surface area contributed by atoms with Crippen molar-refractivity contribution in [3.8, 4) is 11.1 Å². The van der Waals surface area contributed by atoms with E-state index in [4.69, 9.17) is 28.9 Å². The summed E-state index contributed by atoms with van der Waals surface area (Å²) in [7, 11) is 0. The zero-order valence-corrected chi connectivity index (χ0v) is 12.6. The molecule has 0 aliphatic heterocycles. The molecule has 0 radical (unpaired) electrons. The molecular formula is C14H12BrCl2N. The minimum Gasteiger partial charge on any atom is -0.398 e. The van der Waals surface area contributed by atoms with E-state index in [0.29, 0.717) is 6.42 Å². The number of benzene rings is 2. The standard InChI is InChI=1S/C14H12BrCl2N/c15-11-5-6-12(13(18)8-11)10-3-1-9(2-4-10)7-14(16)17/h1-6,8,14H,7,18H2. The van der Waals surface area contributed by atoms with Crippen LogP contribution in [-0.2, 0) is 6.42 Å². The normalized spacial score (nSPS) is 10.9. The van der Waals surface area contributed by atoms with Crippen LogP contribution in [0.15, 0.2) is 46.9 Å². The molecule has 0 atom stereocenters. The molecule has 0 unspecified atom stereocenters. The molecule has 18 heavy (non-hydrogen) atoms. The van der Waals surface area contributed by atoms with E-state index in [9.17, 15) is 0 Å². The zero-order chi connectivity index (χ0) is 13.1. The summed E-state index contributed by atoms with van der Waals surface area (Å²) in [4.78, 5) is -0.367. The van der Waals surface area contributed by atoms with Crippen molar-refractivity contribution in [1.29, 1.82) is 0 Å². The van der Waals surface area contributed by atoms with Gasteiger partial charge in [0.25, 0.3) is 0 Å². The van der Waals surface area contributed by atoms with Gasteiger partial charge in [-0.3, -0.25) is 0 Å². The average molecular weight is 345 g/mol.